The molecule has 7 nitrogen and oxygen atoms in total. The number of rotatable bonds is 6. The van der Waals surface area contributed by atoms with Gasteiger partial charge >= 0.3 is 17.9 Å². The normalized spacial score (nSPS) is 20.4. The van der Waals surface area contributed by atoms with Gasteiger partial charge in [-0.05, 0) is 48.5 Å². The van der Waals surface area contributed by atoms with Gasteiger partial charge in [-0.2, -0.15) is 0 Å². The van der Waals surface area contributed by atoms with E-state index in [9.17, 15) is 14.4 Å². The predicted octanol–water partition coefficient (Wildman–Crippen LogP) is 4.05. The molecule has 1 fully saturated rings. The Hall–Kier alpha value is -2.61. The van der Waals surface area contributed by atoms with Gasteiger partial charge in [0.05, 0.1) is 17.5 Å². The summed E-state index contributed by atoms with van der Waals surface area (Å²) < 4.78 is 21.5. The van der Waals surface area contributed by atoms with Crippen molar-refractivity contribution in [2.24, 2.45) is 0 Å². The largest absolute Gasteiger partial charge is 0.459 e. The second-order valence-electron chi connectivity index (χ2n) is 6.51. The fraction of sp³-hybridized carbons (Fsp3) is 0.286. The number of esters is 3. The molecule has 3 atom stereocenters. The van der Waals surface area contributed by atoms with Gasteiger partial charge in [-0.25, -0.2) is 9.59 Å². The summed E-state index contributed by atoms with van der Waals surface area (Å²) in [6.07, 6.45) is -2.38. The third-order valence-electron chi connectivity index (χ3n) is 4.26. The number of ether oxygens (including phenoxy) is 4. The quantitative estimate of drug-likeness (QED) is 0.482. The lowest BCUT2D eigenvalue weighted by Crippen LogP contribution is -2.32. The zero-order valence-electron chi connectivity index (χ0n) is 15.9. The Bertz CT molecular complexity index is 912. The van der Waals surface area contributed by atoms with E-state index >= 15 is 0 Å². The summed E-state index contributed by atoms with van der Waals surface area (Å²) >= 11 is 11.6. The molecule has 158 valence electrons. The van der Waals surface area contributed by atoms with E-state index in [1.807, 2.05) is 0 Å². The van der Waals surface area contributed by atoms with Crippen LogP contribution >= 0.6 is 23.2 Å². The van der Waals surface area contributed by atoms with E-state index in [4.69, 9.17) is 42.1 Å². The molecule has 1 aliphatic heterocycles. The van der Waals surface area contributed by atoms with Gasteiger partial charge in [-0.15, -0.1) is 0 Å². The smallest absolute Gasteiger partial charge is 0.338 e. The van der Waals surface area contributed by atoms with Crippen LogP contribution in [0.5, 0.6) is 0 Å². The fourth-order valence-electron chi connectivity index (χ4n) is 2.83. The molecule has 1 aliphatic rings. The van der Waals surface area contributed by atoms with Crippen molar-refractivity contribution < 1.29 is 33.3 Å². The van der Waals surface area contributed by atoms with Crippen molar-refractivity contribution >= 4 is 41.1 Å². The minimum absolute atomic E-state index is 0.113. The van der Waals surface area contributed by atoms with Crippen LogP contribution in [0, 0.1) is 0 Å². The van der Waals surface area contributed by atoms with Crippen LogP contribution in [0.2, 0.25) is 10.0 Å². The molecule has 2 unspecified atom stereocenters. The van der Waals surface area contributed by atoms with Gasteiger partial charge < -0.3 is 18.9 Å². The molecule has 0 saturated carbocycles. The zero-order chi connectivity index (χ0) is 21.7. The minimum Gasteiger partial charge on any atom is -0.459 e. The summed E-state index contributed by atoms with van der Waals surface area (Å²) in [6, 6.07) is 12.4. The van der Waals surface area contributed by atoms with Gasteiger partial charge in [0.15, 0.2) is 0 Å². The summed E-state index contributed by atoms with van der Waals surface area (Å²) in [6.45, 7) is 1.05. The first-order chi connectivity index (χ1) is 14.3. The molecule has 0 radical (unpaired) electrons. The standard InChI is InChI=1S/C21H18Cl2O7/c1-12(24)28-19-10-17(30-21(26)14-4-8-16(23)9-5-14)18(29-19)11-27-20(25)13-2-6-15(22)7-3-13/h2-9,17-19H,10-11H2,1H3/t17?,18-,19?/m1/s1. The van der Waals surface area contributed by atoms with Crippen molar-refractivity contribution in [3.8, 4) is 0 Å². The first-order valence-electron chi connectivity index (χ1n) is 9.04. The maximum Gasteiger partial charge on any atom is 0.338 e. The molecule has 0 aliphatic carbocycles. The molecule has 0 aromatic heterocycles. The number of hydrogen-bond acceptors (Lipinski definition) is 7. The van der Waals surface area contributed by atoms with Gasteiger partial charge in [0.25, 0.3) is 0 Å². The molecule has 0 amide bonds. The highest BCUT2D eigenvalue weighted by molar-refractivity contribution is 6.30. The maximum atomic E-state index is 12.4. The highest BCUT2D eigenvalue weighted by atomic mass is 35.5. The van der Waals surface area contributed by atoms with Crippen molar-refractivity contribution in [1.29, 1.82) is 0 Å². The average molecular weight is 453 g/mol. The molecule has 3 rings (SSSR count). The van der Waals surface area contributed by atoms with Gasteiger partial charge in [-0.1, -0.05) is 23.2 Å². The number of carbonyl (C=O) groups is 3. The Morgan fingerprint density at radius 3 is 1.97 bits per heavy atom. The Labute approximate surface area is 182 Å². The van der Waals surface area contributed by atoms with Crippen molar-refractivity contribution in [3.63, 3.8) is 0 Å². The topological polar surface area (TPSA) is 88.1 Å². The van der Waals surface area contributed by atoms with Gasteiger partial charge in [-0.3, -0.25) is 4.79 Å². The lowest BCUT2D eigenvalue weighted by Gasteiger charge is -2.18. The van der Waals surface area contributed by atoms with Crippen molar-refractivity contribution in [2.75, 3.05) is 6.61 Å². The van der Waals surface area contributed by atoms with E-state index in [2.05, 4.69) is 0 Å². The Morgan fingerprint density at radius 1 is 0.900 bits per heavy atom. The average Bonchev–Trinajstić information content (AvgIpc) is 3.07. The lowest BCUT2D eigenvalue weighted by atomic mass is 10.1. The predicted molar refractivity (Wildman–Crippen MR) is 107 cm³/mol. The second kappa shape index (κ2) is 9.93. The highest BCUT2D eigenvalue weighted by Crippen LogP contribution is 2.26. The molecule has 0 N–H and O–H groups in total. The number of halogens is 2. The second-order valence-corrected chi connectivity index (χ2v) is 7.38. The Balaban J connectivity index is 1.65. The molecule has 0 spiro atoms. The van der Waals surface area contributed by atoms with Crippen LogP contribution in [-0.4, -0.2) is 43.0 Å². The Morgan fingerprint density at radius 2 is 1.43 bits per heavy atom. The third-order valence-corrected chi connectivity index (χ3v) is 4.76. The molecule has 30 heavy (non-hydrogen) atoms. The van der Waals surface area contributed by atoms with E-state index in [1.54, 1.807) is 24.3 Å². The van der Waals surface area contributed by atoms with Crippen LogP contribution in [-0.2, 0) is 23.7 Å². The Kier molecular flexibility index (Phi) is 7.31. The zero-order valence-corrected chi connectivity index (χ0v) is 17.4. The van der Waals surface area contributed by atoms with E-state index < -0.39 is 36.4 Å². The number of carbonyl (C=O) groups excluding carboxylic acids is 3. The van der Waals surface area contributed by atoms with E-state index in [-0.39, 0.29) is 13.0 Å². The SMILES string of the molecule is CC(=O)OC1CC(OC(=O)c2ccc(Cl)cc2)[C@@H](COC(=O)c2ccc(Cl)cc2)O1. The number of hydrogen-bond donors (Lipinski definition) is 0. The summed E-state index contributed by atoms with van der Waals surface area (Å²) in [5.74, 6) is -1.73. The van der Waals surface area contributed by atoms with Gasteiger partial charge in [0.2, 0.25) is 6.29 Å². The third kappa shape index (κ3) is 5.95. The summed E-state index contributed by atoms with van der Waals surface area (Å²) in [5, 5.41) is 0.974. The van der Waals surface area contributed by atoms with E-state index in [1.165, 1.54) is 31.2 Å². The molecule has 9 heteroatoms. The first kappa shape index (κ1) is 22.1. The molecule has 2 aromatic rings. The number of benzene rings is 2. The molecular weight excluding hydrogens is 435 g/mol. The van der Waals surface area contributed by atoms with Gasteiger partial charge in [0.1, 0.15) is 18.8 Å². The summed E-state index contributed by atoms with van der Waals surface area (Å²) in [4.78, 5) is 35.9. The van der Waals surface area contributed by atoms with E-state index in [0.717, 1.165) is 0 Å². The van der Waals surface area contributed by atoms with Crippen molar-refractivity contribution in [2.45, 2.75) is 31.8 Å². The van der Waals surface area contributed by atoms with E-state index in [0.29, 0.717) is 21.2 Å². The van der Waals surface area contributed by atoms with Crippen LogP contribution in [0.25, 0.3) is 0 Å². The molecular formula is C21H18Cl2O7. The molecule has 2 aromatic carbocycles. The van der Waals surface area contributed by atoms with Crippen LogP contribution in [0.15, 0.2) is 48.5 Å². The molecule has 1 saturated heterocycles. The molecule has 1 heterocycles. The lowest BCUT2D eigenvalue weighted by molar-refractivity contribution is -0.175. The monoisotopic (exact) mass is 452 g/mol. The van der Waals surface area contributed by atoms with Crippen LogP contribution in [0.4, 0.5) is 0 Å². The minimum atomic E-state index is -0.912. The summed E-state index contributed by atoms with van der Waals surface area (Å²) in [7, 11) is 0. The van der Waals surface area contributed by atoms with Crippen LogP contribution < -0.4 is 0 Å². The highest BCUT2D eigenvalue weighted by Gasteiger charge is 2.40. The van der Waals surface area contributed by atoms with Gasteiger partial charge in [0, 0.05) is 17.0 Å². The van der Waals surface area contributed by atoms with Crippen LogP contribution in [0.1, 0.15) is 34.1 Å². The van der Waals surface area contributed by atoms with Crippen LogP contribution in [0.3, 0.4) is 0 Å². The fourth-order valence-corrected chi connectivity index (χ4v) is 3.08. The molecule has 0 bridgehead atoms. The van der Waals surface area contributed by atoms with Crippen molar-refractivity contribution in [3.05, 3.63) is 69.7 Å². The first-order valence-corrected chi connectivity index (χ1v) is 9.79. The van der Waals surface area contributed by atoms with Crippen molar-refractivity contribution in [1.82, 2.24) is 0 Å². The summed E-state index contributed by atoms with van der Waals surface area (Å²) in [5.41, 5.74) is 0.607. The maximum absolute atomic E-state index is 12.4.